The molecule has 0 aromatic heterocycles. The summed E-state index contributed by atoms with van der Waals surface area (Å²) in [6.07, 6.45) is 7.33. The molecule has 0 saturated carbocycles. The first-order valence-corrected chi connectivity index (χ1v) is 4.11. The molecule has 0 atom stereocenters. The molecule has 0 amide bonds. The van der Waals surface area contributed by atoms with Crippen LogP contribution >= 0.6 is 0 Å². The summed E-state index contributed by atoms with van der Waals surface area (Å²) < 4.78 is 0. The second-order valence-corrected chi connectivity index (χ2v) is 2.63. The molecular weight excluding hydrogens is 182 g/mol. The molecule has 0 aliphatic heterocycles. The zero-order chi connectivity index (χ0) is 6.53. The van der Waals surface area contributed by atoms with E-state index in [0.29, 0.717) is 0 Å². The Morgan fingerprint density at radius 1 is 1.40 bits per heavy atom. The van der Waals surface area contributed by atoms with Crippen molar-refractivity contribution in [3.05, 3.63) is 11.6 Å². The Kier molecular flexibility index (Phi) is 6.40. The molecule has 0 N–H and O–H groups in total. The zero-order valence-corrected chi connectivity index (χ0v) is 8.03. The van der Waals surface area contributed by atoms with Crippen molar-refractivity contribution in [1.82, 2.24) is 0 Å². The van der Waals surface area contributed by atoms with Gasteiger partial charge < -0.3 is 0 Å². The van der Waals surface area contributed by atoms with E-state index < -0.39 is 0 Å². The summed E-state index contributed by atoms with van der Waals surface area (Å²) in [7, 11) is 0. The van der Waals surface area contributed by atoms with Crippen LogP contribution in [-0.2, 0) is 0 Å². The summed E-state index contributed by atoms with van der Waals surface area (Å²) in [4.78, 5) is 2.79. The van der Waals surface area contributed by atoms with Crippen LogP contribution in [0.3, 0.4) is 0 Å². The van der Waals surface area contributed by atoms with E-state index in [1.807, 2.05) is 0 Å². The number of rotatable bonds is 0. The molecule has 48 valence electrons. The minimum absolute atomic E-state index is 0. The first kappa shape index (κ1) is 10.4. The molecule has 0 spiro atoms. The number of hydrogen-bond donors (Lipinski definition) is 0. The Bertz CT molecular complexity index is 173. The third-order valence-corrected chi connectivity index (χ3v) is 1.72. The Morgan fingerprint density at radius 2 is 2.20 bits per heavy atom. The SMILES string of the molecule is [Li+].[Se-]C#CC1=CCCCC1. The molecule has 1 aliphatic carbocycles. The van der Waals surface area contributed by atoms with E-state index in [-0.39, 0.29) is 18.9 Å². The van der Waals surface area contributed by atoms with Crippen LogP contribution in [0.5, 0.6) is 0 Å². The van der Waals surface area contributed by atoms with Gasteiger partial charge in [-0.3, -0.25) is 0 Å². The van der Waals surface area contributed by atoms with Crippen LogP contribution in [0.1, 0.15) is 25.7 Å². The summed E-state index contributed by atoms with van der Waals surface area (Å²) in [6.45, 7) is 0. The molecule has 0 aromatic rings. The minimum atomic E-state index is 0. The molecule has 0 nitrogen and oxygen atoms in total. The maximum atomic E-state index is 3.04. The summed E-state index contributed by atoms with van der Waals surface area (Å²) in [5, 5.41) is 0. The van der Waals surface area contributed by atoms with E-state index in [9.17, 15) is 0 Å². The average Bonchev–Trinajstić information content (AvgIpc) is 1.91. The molecule has 0 bridgehead atoms. The van der Waals surface area contributed by atoms with Crippen molar-refractivity contribution in [2.24, 2.45) is 0 Å². The molecule has 0 unspecified atom stereocenters. The molecule has 1 aliphatic rings. The van der Waals surface area contributed by atoms with Crippen LogP contribution in [0, 0.1) is 10.7 Å². The van der Waals surface area contributed by atoms with Crippen molar-refractivity contribution < 1.29 is 18.9 Å². The predicted molar refractivity (Wildman–Crippen MR) is 40.1 cm³/mol. The van der Waals surface area contributed by atoms with Gasteiger partial charge in [0.05, 0.1) is 0 Å². The van der Waals surface area contributed by atoms with E-state index in [2.05, 4.69) is 32.8 Å². The van der Waals surface area contributed by atoms with Crippen LogP contribution in [-0.4, -0.2) is 16.0 Å². The third kappa shape index (κ3) is 3.55. The van der Waals surface area contributed by atoms with Crippen molar-refractivity contribution in [3.63, 3.8) is 0 Å². The van der Waals surface area contributed by atoms with E-state index in [4.69, 9.17) is 0 Å². The molecule has 0 aromatic carbocycles. The predicted octanol–water partition coefficient (Wildman–Crippen LogP) is -1.38. The van der Waals surface area contributed by atoms with Crippen LogP contribution in [0.2, 0.25) is 0 Å². The van der Waals surface area contributed by atoms with Gasteiger partial charge in [-0.1, -0.05) is 0 Å². The van der Waals surface area contributed by atoms with Gasteiger partial charge in [0.15, 0.2) is 0 Å². The van der Waals surface area contributed by atoms with E-state index in [0.717, 1.165) is 0 Å². The Labute approximate surface area is 82.8 Å². The van der Waals surface area contributed by atoms with Gasteiger partial charge in [0.25, 0.3) is 0 Å². The fourth-order valence-electron chi connectivity index (χ4n) is 1.02. The summed E-state index contributed by atoms with van der Waals surface area (Å²) in [5.74, 6) is 3.04. The molecule has 0 heterocycles. The normalized spacial score (nSPS) is 15.8. The van der Waals surface area contributed by atoms with E-state index >= 15 is 0 Å². The molecule has 10 heavy (non-hydrogen) atoms. The first-order valence-electron chi connectivity index (χ1n) is 3.25. The zero-order valence-electron chi connectivity index (χ0n) is 6.31. The van der Waals surface area contributed by atoms with Gasteiger partial charge in [0.1, 0.15) is 0 Å². The Morgan fingerprint density at radius 3 is 2.70 bits per heavy atom. The van der Waals surface area contributed by atoms with Crippen LogP contribution in [0.25, 0.3) is 0 Å². The Balaban J connectivity index is 0.000000810. The standard InChI is InChI=1S/C8H10Se.Li/c9-7-6-8-4-2-1-3-5-8;/h4,9H,1-3,5H2;/q;+1/p-1. The Hall–Kier alpha value is 0.417. The fraction of sp³-hybridized carbons (Fsp3) is 0.500. The van der Waals surface area contributed by atoms with Crippen LogP contribution < -0.4 is 18.9 Å². The van der Waals surface area contributed by atoms with Gasteiger partial charge in [-0.05, 0) is 0 Å². The first-order chi connectivity index (χ1) is 4.43. The molecular formula is C8H9LiSe. The number of hydrogen-bond acceptors (Lipinski definition) is 0. The second-order valence-electron chi connectivity index (χ2n) is 2.20. The maximum absolute atomic E-state index is 3.04. The van der Waals surface area contributed by atoms with Crippen molar-refractivity contribution in [2.45, 2.75) is 25.7 Å². The van der Waals surface area contributed by atoms with Crippen LogP contribution in [0.15, 0.2) is 11.6 Å². The van der Waals surface area contributed by atoms with E-state index in [1.165, 1.54) is 31.3 Å². The van der Waals surface area contributed by atoms with Crippen molar-refractivity contribution in [2.75, 3.05) is 0 Å². The average molecular weight is 191 g/mol. The van der Waals surface area contributed by atoms with Gasteiger partial charge in [0.2, 0.25) is 0 Å². The van der Waals surface area contributed by atoms with Gasteiger partial charge in [-0.25, -0.2) is 0 Å². The number of allylic oxidation sites excluding steroid dienone is 2. The van der Waals surface area contributed by atoms with Crippen molar-refractivity contribution >= 4 is 16.0 Å². The summed E-state index contributed by atoms with van der Waals surface area (Å²) in [5.41, 5.74) is 1.32. The summed E-state index contributed by atoms with van der Waals surface area (Å²) in [6, 6.07) is 0. The summed E-state index contributed by atoms with van der Waals surface area (Å²) >= 11 is 2.69. The van der Waals surface area contributed by atoms with Gasteiger partial charge >= 0.3 is 82.9 Å². The third-order valence-electron chi connectivity index (χ3n) is 1.50. The van der Waals surface area contributed by atoms with Gasteiger partial charge in [-0.2, -0.15) is 0 Å². The van der Waals surface area contributed by atoms with Gasteiger partial charge in [-0.15, -0.1) is 0 Å². The molecule has 1 rings (SSSR count). The van der Waals surface area contributed by atoms with Crippen LogP contribution in [0.4, 0.5) is 0 Å². The molecule has 0 saturated heterocycles. The van der Waals surface area contributed by atoms with Crippen molar-refractivity contribution in [1.29, 1.82) is 0 Å². The van der Waals surface area contributed by atoms with Gasteiger partial charge in [0, 0.05) is 0 Å². The molecule has 0 fully saturated rings. The van der Waals surface area contributed by atoms with Crippen molar-refractivity contribution in [3.8, 4) is 10.7 Å². The molecule has 2 heteroatoms. The fourth-order valence-corrected chi connectivity index (χ4v) is 1.29. The quantitative estimate of drug-likeness (QED) is 0.327. The topological polar surface area (TPSA) is 0 Å². The monoisotopic (exact) mass is 192 g/mol. The second kappa shape index (κ2) is 6.15. The molecule has 0 radical (unpaired) electrons. The van der Waals surface area contributed by atoms with E-state index in [1.54, 1.807) is 0 Å².